The molecule has 0 amide bonds. The van der Waals surface area contributed by atoms with Crippen LogP contribution in [0.4, 0.5) is 0 Å². The molecule has 0 fully saturated rings. The van der Waals surface area contributed by atoms with Crippen molar-refractivity contribution in [2.24, 2.45) is 10.9 Å². The lowest BCUT2D eigenvalue weighted by Gasteiger charge is -2.25. The molecule has 0 spiro atoms. The zero-order valence-corrected chi connectivity index (χ0v) is 24.4. The number of carbonyl (C=O) groups excluding carboxylic acids is 1. The van der Waals surface area contributed by atoms with Crippen LogP contribution in [0.25, 0.3) is 11.3 Å². The quantitative estimate of drug-likeness (QED) is 0.218. The van der Waals surface area contributed by atoms with Gasteiger partial charge in [0.15, 0.2) is 5.78 Å². The van der Waals surface area contributed by atoms with Gasteiger partial charge in [-0.05, 0) is 76.1 Å². The lowest BCUT2D eigenvalue weighted by molar-refractivity contribution is 0.0161. The first kappa shape index (κ1) is 29.7. The van der Waals surface area contributed by atoms with E-state index in [9.17, 15) is 15.0 Å². The van der Waals surface area contributed by atoms with Crippen LogP contribution in [0.2, 0.25) is 0 Å². The van der Waals surface area contributed by atoms with Crippen molar-refractivity contribution in [3.8, 4) is 17.0 Å². The summed E-state index contributed by atoms with van der Waals surface area (Å²) < 4.78 is 7.95. The molecular formula is C33H43N3O4. The molecule has 1 unspecified atom stereocenters. The number of aliphatic imine (C=N–C) groups is 1. The number of ketones is 1. The molecular weight excluding hydrogens is 502 g/mol. The van der Waals surface area contributed by atoms with Crippen molar-refractivity contribution in [2.75, 3.05) is 6.61 Å². The summed E-state index contributed by atoms with van der Waals surface area (Å²) in [6, 6.07) is 13.8. The van der Waals surface area contributed by atoms with E-state index in [1.165, 1.54) is 0 Å². The summed E-state index contributed by atoms with van der Waals surface area (Å²) in [7, 11) is 0. The van der Waals surface area contributed by atoms with Gasteiger partial charge in [-0.25, -0.2) is 4.98 Å². The first-order chi connectivity index (χ1) is 19.2. The topological polar surface area (TPSA) is 96.9 Å². The molecule has 2 N–H and O–H groups in total. The summed E-state index contributed by atoms with van der Waals surface area (Å²) in [6.07, 6.45) is 6.72. The molecule has 2 atom stereocenters. The van der Waals surface area contributed by atoms with E-state index in [1.807, 2.05) is 75.0 Å². The van der Waals surface area contributed by atoms with Crippen molar-refractivity contribution in [3.63, 3.8) is 0 Å². The van der Waals surface area contributed by atoms with Gasteiger partial charge in [0.2, 0.25) is 0 Å². The van der Waals surface area contributed by atoms with Crippen molar-refractivity contribution >= 4 is 12.0 Å². The molecule has 7 nitrogen and oxygen atoms in total. The molecule has 4 rings (SSSR count). The number of ether oxygens (including phenoxy) is 1. The SMILES string of the molecule is CCn1cc(-c2ccc(C[C@@H](CCO)CC(=O)c3ccc(OC(C)C)c(C4C=N4)c3)cc2)nc1C(O)(CC)CC. The summed E-state index contributed by atoms with van der Waals surface area (Å²) in [4.78, 5) is 22.4. The van der Waals surface area contributed by atoms with Crippen molar-refractivity contribution in [2.45, 2.75) is 91.0 Å². The van der Waals surface area contributed by atoms with Crippen LogP contribution >= 0.6 is 0 Å². The van der Waals surface area contributed by atoms with Crippen molar-refractivity contribution in [3.05, 3.63) is 71.2 Å². The van der Waals surface area contributed by atoms with E-state index < -0.39 is 5.60 Å². The number of aromatic nitrogens is 2. The third-order valence-corrected chi connectivity index (χ3v) is 7.80. The fraction of sp³-hybridized carbons (Fsp3) is 0.485. The second-order valence-electron chi connectivity index (χ2n) is 11.0. The zero-order valence-electron chi connectivity index (χ0n) is 24.4. The predicted octanol–water partition coefficient (Wildman–Crippen LogP) is 6.30. The maximum atomic E-state index is 13.3. The minimum atomic E-state index is -0.938. The average molecular weight is 546 g/mol. The van der Waals surface area contributed by atoms with Crippen molar-refractivity contribution in [1.82, 2.24) is 9.55 Å². The van der Waals surface area contributed by atoms with Gasteiger partial charge >= 0.3 is 0 Å². The number of aliphatic hydroxyl groups is 2. The van der Waals surface area contributed by atoms with E-state index in [0.29, 0.717) is 43.5 Å². The van der Waals surface area contributed by atoms with Crippen molar-refractivity contribution < 1.29 is 19.7 Å². The molecule has 2 heterocycles. The van der Waals surface area contributed by atoms with Crippen LogP contribution in [-0.2, 0) is 18.6 Å². The summed E-state index contributed by atoms with van der Waals surface area (Å²) in [5, 5.41) is 20.8. The Labute approximate surface area is 238 Å². The number of nitrogens with zero attached hydrogens (tertiary/aromatic N) is 3. The fourth-order valence-corrected chi connectivity index (χ4v) is 5.24. The molecule has 0 aliphatic carbocycles. The lowest BCUT2D eigenvalue weighted by Crippen LogP contribution is -2.28. The number of benzene rings is 2. The number of rotatable bonds is 15. The van der Waals surface area contributed by atoms with Gasteiger partial charge < -0.3 is 19.5 Å². The van der Waals surface area contributed by atoms with E-state index in [2.05, 4.69) is 24.0 Å². The van der Waals surface area contributed by atoms with Crippen LogP contribution in [0.3, 0.4) is 0 Å². The van der Waals surface area contributed by atoms with Crippen LogP contribution in [0, 0.1) is 5.92 Å². The summed E-state index contributed by atoms with van der Waals surface area (Å²) in [5.41, 5.74) is 3.58. The Morgan fingerprint density at radius 2 is 1.80 bits per heavy atom. The van der Waals surface area contributed by atoms with Gasteiger partial charge in [-0.1, -0.05) is 38.1 Å². The fourth-order valence-electron chi connectivity index (χ4n) is 5.24. The molecule has 214 valence electrons. The number of aliphatic hydroxyl groups excluding tert-OH is 1. The largest absolute Gasteiger partial charge is 0.491 e. The maximum Gasteiger partial charge on any atom is 0.163 e. The molecule has 1 aliphatic heterocycles. The maximum absolute atomic E-state index is 13.3. The lowest BCUT2D eigenvalue weighted by atomic mass is 9.89. The van der Waals surface area contributed by atoms with Gasteiger partial charge in [0.25, 0.3) is 0 Å². The number of carbonyl (C=O) groups is 1. The molecule has 0 saturated heterocycles. The minimum absolute atomic E-state index is 0.00852. The van der Waals surface area contributed by atoms with Crippen LogP contribution in [0.1, 0.15) is 93.7 Å². The Hall–Kier alpha value is -3.29. The molecule has 7 heteroatoms. The van der Waals surface area contributed by atoms with E-state index in [0.717, 1.165) is 34.7 Å². The first-order valence-electron chi connectivity index (χ1n) is 14.6. The Kier molecular flexibility index (Phi) is 9.59. The second-order valence-corrected chi connectivity index (χ2v) is 11.0. The highest BCUT2D eigenvalue weighted by atomic mass is 16.5. The van der Waals surface area contributed by atoms with E-state index in [4.69, 9.17) is 9.72 Å². The normalized spacial score (nSPS) is 15.4. The molecule has 1 aliphatic rings. The Balaban J connectivity index is 1.47. The van der Waals surface area contributed by atoms with Crippen LogP contribution in [-0.4, -0.2) is 44.5 Å². The molecule has 0 saturated carbocycles. The number of Topliss-reactive ketones (excluding diaryl/α,β-unsaturated/α-hetero) is 1. The number of imidazole rings is 1. The van der Waals surface area contributed by atoms with E-state index >= 15 is 0 Å². The first-order valence-corrected chi connectivity index (χ1v) is 14.6. The Morgan fingerprint density at radius 3 is 2.38 bits per heavy atom. The highest BCUT2D eigenvalue weighted by Gasteiger charge is 2.31. The van der Waals surface area contributed by atoms with Crippen molar-refractivity contribution in [1.29, 1.82) is 0 Å². The predicted molar refractivity (Wildman–Crippen MR) is 159 cm³/mol. The van der Waals surface area contributed by atoms with E-state index in [-0.39, 0.29) is 30.5 Å². The molecule has 0 bridgehead atoms. The second kappa shape index (κ2) is 12.9. The smallest absolute Gasteiger partial charge is 0.163 e. The number of hydrogen-bond donors (Lipinski definition) is 2. The zero-order chi connectivity index (χ0) is 28.9. The van der Waals surface area contributed by atoms with Crippen LogP contribution < -0.4 is 4.74 Å². The average Bonchev–Trinajstić information content (AvgIpc) is 3.70. The van der Waals surface area contributed by atoms with Gasteiger partial charge in [0.05, 0.1) is 11.8 Å². The molecule has 2 aromatic carbocycles. The number of hydrogen-bond acceptors (Lipinski definition) is 6. The van der Waals surface area contributed by atoms with E-state index in [1.54, 1.807) is 0 Å². The third-order valence-electron chi connectivity index (χ3n) is 7.80. The summed E-state index contributed by atoms with van der Waals surface area (Å²) in [6.45, 7) is 10.8. The Morgan fingerprint density at radius 1 is 1.10 bits per heavy atom. The van der Waals surface area contributed by atoms with Gasteiger partial charge in [-0.3, -0.25) is 9.79 Å². The van der Waals surface area contributed by atoms with Gasteiger partial charge in [0.1, 0.15) is 23.2 Å². The monoisotopic (exact) mass is 545 g/mol. The highest BCUT2D eigenvalue weighted by Crippen LogP contribution is 2.35. The standard InChI is InChI=1S/C33H43N3O4/c1-6-33(39,7-2)32-35-29(21-36(32)8-3)25-11-9-23(10-12-25)17-24(15-16-37)18-30(38)26-13-14-31(40-22(4)5)27(19-26)28-20-34-28/h9-14,19-22,24,28,37,39H,6-8,15-18H2,1-5H3/t24-,28?/m1/s1. The molecule has 40 heavy (non-hydrogen) atoms. The highest BCUT2D eigenvalue weighted by molar-refractivity contribution is 5.97. The number of aryl methyl sites for hydroxylation is 1. The summed E-state index contributed by atoms with van der Waals surface area (Å²) >= 11 is 0. The molecule has 0 radical (unpaired) electrons. The summed E-state index contributed by atoms with van der Waals surface area (Å²) in [5.74, 6) is 1.56. The minimum Gasteiger partial charge on any atom is -0.491 e. The third kappa shape index (κ3) is 6.88. The van der Waals surface area contributed by atoms with Crippen LogP contribution in [0.15, 0.2) is 53.7 Å². The van der Waals surface area contributed by atoms with Crippen LogP contribution in [0.5, 0.6) is 5.75 Å². The van der Waals surface area contributed by atoms with Gasteiger partial charge in [-0.2, -0.15) is 0 Å². The molecule has 1 aromatic heterocycles. The Bertz CT molecular complexity index is 1320. The van der Waals surface area contributed by atoms with Gasteiger partial charge in [-0.15, -0.1) is 0 Å². The molecule has 3 aromatic rings. The van der Waals surface area contributed by atoms with Gasteiger partial charge in [0, 0.05) is 48.7 Å².